The van der Waals surface area contributed by atoms with Crippen molar-refractivity contribution in [2.75, 3.05) is 7.11 Å². The van der Waals surface area contributed by atoms with Crippen molar-refractivity contribution in [2.24, 2.45) is 5.92 Å². The molecule has 10 heavy (non-hydrogen) atoms. The fourth-order valence-corrected chi connectivity index (χ4v) is 1.15. The second-order valence-corrected chi connectivity index (χ2v) is 2.66. The Bertz CT molecular complexity index is 147. The lowest BCUT2D eigenvalue weighted by Gasteiger charge is -2.17. The van der Waals surface area contributed by atoms with Gasteiger partial charge in [-0.15, -0.1) is 0 Å². The first-order valence-electron chi connectivity index (χ1n) is 3.36. The Labute approximate surface area is 60.9 Å². The third-order valence-corrected chi connectivity index (χ3v) is 1.96. The second-order valence-electron chi connectivity index (χ2n) is 2.66. The molecule has 0 aromatic rings. The largest absolute Gasteiger partial charge is 0.359 e. The molecule has 1 aliphatic rings. The molecule has 0 aromatic heterocycles. The molecule has 1 N–H and O–H groups in total. The molecule has 58 valence electrons. The van der Waals surface area contributed by atoms with E-state index >= 15 is 0 Å². The molecule has 1 saturated heterocycles. The van der Waals surface area contributed by atoms with Crippen LogP contribution in [0.3, 0.4) is 0 Å². The SMILES string of the molecule is C=C1C(C)C[C@@H](OC)N1O. The molecule has 0 radical (unpaired) electrons. The summed E-state index contributed by atoms with van der Waals surface area (Å²) in [5.41, 5.74) is 0.742. The van der Waals surface area contributed by atoms with E-state index in [9.17, 15) is 5.21 Å². The van der Waals surface area contributed by atoms with Crippen LogP contribution in [0.15, 0.2) is 12.3 Å². The summed E-state index contributed by atoms with van der Waals surface area (Å²) in [6.45, 7) is 5.73. The van der Waals surface area contributed by atoms with Crippen molar-refractivity contribution in [2.45, 2.75) is 19.6 Å². The van der Waals surface area contributed by atoms with Crippen LogP contribution < -0.4 is 0 Å². The number of rotatable bonds is 1. The lowest BCUT2D eigenvalue weighted by atomic mass is 10.1. The van der Waals surface area contributed by atoms with E-state index in [1.807, 2.05) is 6.92 Å². The Morgan fingerprint density at radius 1 is 1.80 bits per heavy atom. The average Bonchev–Trinajstić information content (AvgIpc) is 2.17. The van der Waals surface area contributed by atoms with Crippen LogP contribution in [-0.4, -0.2) is 23.6 Å². The van der Waals surface area contributed by atoms with Gasteiger partial charge < -0.3 is 4.74 Å². The summed E-state index contributed by atoms with van der Waals surface area (Å²) >= 11 is 0. The van der Waals surface area contributed by atoms with Gasteiger partial charge in [0.25, 0.3) is 0 Å². The Morgan fingerprint density at radius 2 is 2.40 bits per heavy atom. The molecule has 3 heteroatoms. The van der Waals surface area contributed by atoms with E-state index in [4.69, 9.17) is 4.74 Å². The van der Waals surface area contributed by atoms with Gasteiger partial charge in [-0.3, -0.25) is 5.21 Å². The predicted molar refractivity (Wildman–Crippen MR) is 37.3 cm³/mol. The van der Waals surface area contributed by atoms with E-state index in [1.54, 1.807) is 7.11 Å². The van der Waals surface area contributed by atoms with Crippen molar-refractivity contribution >= 4 is 0 Å². The lowest BCUT2D eigenvalue weighted by Crippen LogP contribution is -2.25. The van der Waals surface area contributed by atoms with Gasteiger partial charge in [-0.2, -0.15) is 0 Å². The molecule has 2 atom stereocenters. The van der Waals surface area contributed by atoms with Crippen LogP contribution in [0.5, 0.6) is 0 Å². The van der Waals surface area contributed by atoms with E-state index in [0.29, 0.717) is 5.92 Å². The van der Waals surface area contributed by atoms with Crippen LogP contribution in [0.2, 0.25) is 0 Å². The highest BCUT2D eigenvalue weighted by Gasteiger charge is 2.31. The first-order valence-corrected chi connectivity index (χ1v) is 3.36. The maximum Gasteiger partial charge on any atom is 0.153 e. The average molecular weight is 143 g/mol. The van der Waals surface area contributed by atoms with E-state index in [1.165, 1.54) is 0 Å². The third-order valence-electron chi connectivity index (χ3n) is 1.96. The van der Waals surface area contributed by atoms with Crippen LogP contribution in [0.25, 0.3) is 0 Å². The predicted octanol–water partition coefficient (Wildman–Crippen LogP) is 1.20. The fourth-order valence-electron chi connectivity index (χ4n) is 1.15. The summed E-state index contributed by atoms with van der Waals surface area (Å²) in [5.74, 6) is 0.329. The van der Waals surface area contributed by atoms with E-state index in [0.717, 1.165) is 17.2 Å². The van der Waals surface area contributed by atoms with E-state index in [-0.39, 0.29) is 6.23 Å². The van der Waals surface area contributed by atoms with E-state index < -0.39 is 0 Å². The van der Waals surface area contributed by atoms with Crippen molar-refractivity contribution in [3.05, 3.63) is 12.3 Å². The Hall–Kier alpha value is -0.540. The first kappa shape index (κ1) is 7.57. The number of allylic oxidation sites excluding steroid dienone is 1. The number of hydrogen-bond acceptors (Lipinski definition) is 3. The zero-order chi connectivity index (χ0) is 7.72. The van der Waals surface area contributed by atoms with Crippen molar-refractivity contribution < 1.29 is 9.94 Å². The maximum atomic E-state index is 9.24. The van der Waals surface area contributed by atoms with Crippen molar-refractivity contribution in [3.8, 4) is 0 Å². The van der Waals surface area contributed by atoms with Crippen molar-refractivity contribution in [1.29, 1.82) is 0 Å². The number of methoxy groups -OCH3 is 1. The highest BCUT2D eigenvalue weighted by atomic mass is 16.6. The number of hydroxylamine groups is 2. The van der Waals surface area contributed by atoms with Gasteiger partial charge in [0.2, 0.25) is 0 Å². The number of nitrogens with zero attached hydrogens (tertiary/aromatic N) is 1. The van der Waals surface area contributed by atoms with Gasteiger partial charge in [-0.1, -0.05) is 13.5 Å². The molecule has 0 aromatic carbocycles. The Morgan fingerprint density at radius 3 is 2.60 bits per heavy atom. The molecular weight excluding hydrogens is 130 g/mol. The molecule has 0 spiro atoms. The summed E-state index contributed by atoms with van der Waals surface area (Å²) in [6.07, 6.45) is 0.633. The summed E-state index contributed by atoms with van der Waals surface area (Å²) < 4.78 is 4.98. The molecule has 1 aliphatic heterocycles. The zero-order valence-electron chi connectivity index (χ0n) is 6.37. The highest BCUT2D eigenvalue weighted by Crippen LogP contribution is 2.29. The van der Waals surface area contributed by atoms with Crippen LogP contribution in [0.1, 0.15) is 13.3 Å². The summed E-state index contributed by atoms with van der Waals surface area (Å²) in [4.78, 5) is 0. The number of hydrogen-bond donors (Lipinski definition) is 1. The monoisotopic (exact) mass is 143 g/mol. The first-order chi connectivity index (χ1) is 4.66. The minimum Gasteiger partial charge on any atom is -0.359 e. The molecule has 1 heterocycles. The molecule has 3 nitrogen and oxygen atoms in total. The molecule has 0 bridgehead atoms. The topological polar surface area (TPSA) is 32.7 Å². The zero-order valence-corrected chi connectivity index (χ0v) is 6.37. The summed E-state index contributed by atoms with van der Waals surface area (Å²) in [6, 6.07) is 0. The molecular formula is C7H13NO2. The van der Waals surface area contributed by atoms with Gasteiger partial charge in [0.15, 0.2) is 6.23 Å². The van der Waals surface area contributed by atoms with E-state index in [2.05, 4.69) is 6.58 Å². The Kier molecular flexibility index (Phi) is 1.97. The minimum absolute atomic E-state index is 0.192. The number of ether oxygens (including phenoxy) is 1. The fraction of sp³-hybridized carbons (Fsp3) is 0.714. The van der Waals surface area contributed by atoms with Gasteiger partial charge >= 0.3 is 0 Å². The minimum atomic E-state index is -0.192. The molecule has 0 aliphatic carbocycles. The van der Waals surface area contributed by atoms with Crippen LogP contribution in [-0.2, 0) is 4.74 Å². The summed E-state index contributed by atoms with van der Waals surface area (Å²) in [5, 5.41) is 10.3. The second kappa shape index (κ2) is 2.60. The standard InChI is InChI=1S/C7H13NO2/c1-5-4-7(10-3)8(9)6(5)2/h5,7,9H,2,4H2,1,3H3/t5?,7-/m1/s1. The molecule has 1 unspecified atom stereocenters. The molecule has 0 amide bonds. The third kappa shape index (κ3) is 1.02. The van der Waals surface area contributed by atoms with Crippen LogP contribution >= 0.6 is 0 Å². The normalized spacial score (nSPS) is 33.5. The van der Waals surface area contributed by atoms with Crippen molar-refractivity contribution in [1.82, 2.24) is 5.06 Å². The molecule has 0 saturated carbocycles. The van der Waals surface area contributed by atoms with Gasteiger partial charge in [0, 0.05) is 25.1 Å². The quantitative estimate of drug-likeness (QED) is 0.598. The van der Waals surface area contributed by atoms with Gasteiger partial charge in [-0.05, 0) is 0 Å². The summed E-state index contributed by atoms with van der Waals surface area (Å²) in [7, 11) is 1.58. The maximum absolute atomic E-state index is 9.24. The van der Waals surface area contributed by atoms with Gasteiger partial charge in [0.05, 0.1) is 0 Å². The smallest absolute Gasteiger partial charge is 0.153 e. The van der Waals surface area contributed by atoms with Crippen molar-refractivity contribution in [3.63, 3.8) is 0 Å². The van der Waals surface area contributed by atoms with Gasteiger partial charge in [0.1, 0.15) is 0 Å². The van der Waals surface area contributed by atoms with Crippen LogP contribution in [0.4, 0.5) is 0 Å². The lowest BCUT2D eigenvalue weighted by molar-refractivity contribution is -0.163. The molecule has 1 fully saturated rings. The Balaban J connectivity index is 2.61. The molecule has 1 rings (SSSR count). The van der Waals surface area contributed by atoms with Gasteiger partial charge in [-0.25, -0.2) is 5.06 Å². The van der Waals surface area contributed by atoms with Crippen LogP contribution in [0, 0.1) is 5.92 Å². The highest BCUT2D eigenvalue weighted by molar-refractivity contribution is 5.02.